The molecule has 29 heavy (non-hydrogen) atoms. The number of H-pyrrole nitrogens is 1. The van der Waals surface area contributed by atoms with E-state index in [0.717, 1.165) is 17.1 Å². The maximum atomic E-state index is 12.6. The third kappa shape index (κ3) is 3.70. The molecule has 0 fully saturated rings. The SMILES string of the molecule is CCOC(=O)c1sc2nc(C(C)NCc3ccc4c(c3)OCO4)[nH]c(=O)c2c1C. The Balaban J connectivity index is 1.55. The normalized spacial score (nSPS) is 13.6. The second kappa shape index (κ2) is 7.84. The Bertz CT molecular complexity index is 1140. The van der Waals surface area contributed by atoms with E-state index in [0.29, 0.717) is 33.0 Å². The summed E-state index contributed by atoms with van der Waals surface area (Å²) in [7, 11) is 0. The predicted octanol–water partition coefficient (Wildman–Crippen LogP) is 3.05. The summed E-state index contributed by atoms with van der Waals surface area (Å²) in [5, 5.41) is 3.78. The lowest BCUT2D eigenvalue weighted by atomic mass is 10.2. The van der Waals surface area contributed by atoms with Gasteiger partial charge in [-0.1, -0.05) is 6.07 Å². The zero-order chi connectivity index (χ0) is 20.5. The molecule has 1 unspecified atom stereocenters. The molecule has 0 saturated heterocycles. The molecule has 2 aromatic heterocycles. The van der Waals surface area contributed by atoms with Crippen LogP contribution in [-0.2, 0) is 11.3 Å². The van der Waals surface area contributed by atoms with Crippen LogP contribution in [0.5, 0.6) is 11.5 Å². The monoisotopic (exact) mass is 415 g/mol. The molecule has 152 valence electrons. The van der Waals surface area contributed by atoms with Crippen molar-refractivity contribution in [3.8, 4) is 11.5 Å². The predicted molar refractivity (Wildman–Crippen MR) is 109 cm³/mol. The minimum atomic E-state index is -0.428. The number of benzene rings is 1. The average Bonchev–Trinajstić information content (AvgIpc) is 3.30. The van der Waals surface area contributed by atoms with Crippen molar-refractivity contribution in [2.45, 2.75) is 33.4 Å². The Kier molecular flexibility index (Phi) is 5.25. The summed E-state index contributed by atoms with van der Waals surface area (Å²) in [4.78, 5) is 33.1. The summed E-state index contributed by atoms with van der Waals surface area (Å²) in [5.74, 6) is 1.55. The first-order chi connectivity index (χ1) is 14.0. The number of fused-ring (bicyclic) bond motifs is 2. The van der Waals surface area contributed by atoms with E-state index < -0.39 is 5.97 Å². The summed E-state index contributed by atoms with van der Waals surface area (Å²) in [5.41, 5.74) is 1.37. The largest absolute Gasteiger partial charge is 0.462 e. The topological polar surface area (TPSA) is 103 Å². The summed E-state index contributed by atoms with van der Waals surface area (Å²) in [6, 6.07) is 5.56. The number of carbonyl (C=O) groups is 1. The fraction of sp³-hybridized carbons (Fsp3) is 0.350. The van der Waals surface area contributed by atoms with Crippen LogP contribution in [0.25, 0.3) is 10.2 Å². The Morgan fingerprint density at radius 3 is 2.97 bits per heavy atom. The molecule has 3 heterocycles. The molecule has 0 saturated carbocycles. The highest BCUT2D eigenvalue weighted by Crippen LogP contribution is 2.32. The summed E-state index contributed by atoms with van der Waals surface area (Å²) < 4.78 is 15.8. The van der Waals surface area contributed by atoms with Gasteiger partial charge in [0.2, 0.25) is 6.79 Å². The zero-order valence-corrected chi connectivity index (χ0v) is 17.1. The van der Waals surface area contributed by atoms with E-state index in [-0.39, 0.29) is 25.0 Å². The number of esters is 1. The number of nitrogens with one attached hydrogen (secondary N) is 2. The molecule has 1 atom stereocenters. The highest BCUT2D eigenvalue weighted by Gasteiger charge is 2.21. The van der Waals surface area contributed by atoms with Crippen LogP contribution in [0.2, 0.25) is 0 Å². The van der Waals surface area contributed by atoms with Gasteiger partial charge >= 0.3 is 5.97 Å². The molecule has 0 spiro atoms. The molecule has 0 aliphatic carbocycles. The average molecular weight is 415 g/mol. The van der Waals surface area contributed by atoms with Crippen molar-refractivity contribution < 1.29 is 19.0 Å². The Morgan fingerprint density at radius 2 is 2.17 bits per heavy atom. The van der Waals surface area contributed by atoms with Gasteiger partial charge < -0.3 is 24.5 Å². The van der Waals surface area contributed by atoms with E-state index in [1.807, 2.05) is 25.1 Å². The number of hydrogen-bond acceptors (Lipinski definition) is 8. The number of ether oxygens (including phenoxy) is 3. The lowest BCUT2D eigenvalue weighted by molar-refractivity contribution is 0.0531. The minimum absolute atomic E-state index is 0.203. The molecule has 1 aliphatic heterocycles. The lowest BCUT2D eigenvalue weighted by Gasteiger charge is -2.13. The van der Waals surface area contributed by atoms with Gasteiger partial charge in [-0.3, -0.25) is 4.79 Å². The Hall–Kier alpha value is -2.91. The molecule has 0 radical (unpaired) electrons. The summed E-state index contributed by atoms with van der Waals surface area (Å²) in [6.45, 7) is 6.49. The van der Waals surface area contributed by atoms with Gasteiger partial charge in [0.15, 0.2) is 11.5 Å². The van der Waals surface area contributed by atoms with Crippen LogP contribution >= 0.6 is 11.3 Å². The first-order valence-corrected chi connectivity index (χ1v) is 10.1. The van der Waals surface area contributed by atoms with Crippen LogP contribution in [0.4, 0.5) is 0 Å². The van der Waals surface area contributed by atoms with Crippen LogP contribution in [0.15, 0.2) is 23.0 Å². The molecule has 9 heteroatoms. The maximum Gasteiger partial charge on any atom is 0.348 e. The van der Waals surface area contributed by atoms with Gasteiger partial charge in [0.1, 0.15) is 15.5 Å². The van der Waals surface area contributed by atoms with Gasteiger partial charge in [-0.15, -0.1) is 11.3 Å². The van der Waals surface area contributed by atoms with Crippen molar-refractivity contribution in [3.05, 3.63) is 50.4 Å². The minimum Gasteiger partial charge on any atom is -0.462 e. The van der Waals surface area contributed by atoms with Gasteiger partial charge in [-0.25, -0.2) is 9.78 Å². The molecule has 4 rings (SSSR count). The number of aromatic amines is 1. The maximum absolute atomic E-state index is 12.6. The van der Waals surface area contributed by atoms with Gasteiger partial charge in [-0.05, 0) is 44.0 Å². The second-order valence-electron chi connectivity index (χ2n) is 6.70. The number of aryl methyl sites for hydroxylation is 1. The first kappa shape index (κ1) is 19.4. The standard InChI is InChI=1S/C20H21N3O5S/c1-4-26-20(25)16-10(2)15-18(24)22-17(23-19(15)29-16)11(3)21-8-12-5-6-13-14(7-12)28-9-27-13/h5-7,11,21H,4,8-9H2,1-3H3,(H,22,23,24). The van der Waals surface area contributed by atoms with Crippen LogP contribution < -0.4 is 20.3 Å². The fourth-order valence-electron chi connectivity index (χ4n) is 3.18. The van der Waals surface area contributed by atoms with Crippen LogP contribution in [0.3, 0.4) is 0 Å². The second-order valence-corrected chi connectivity index (χ2v) is 7.70. The molecule has 2 N–H and O–H groups in total. The molecule has 0 amide bonds. The smallest absolute Gasteiger partial charge is 0.348 e. The van der Waals surface area contributed by atoms with E-state index in [2.05, 4.69) is 15.3 Å². The number of rotatable bonds is 6. The van der Waals surface area contributed by atoms with E-state index in [1.165, 1.54) is 11.3 Å². The van der Waals surface area contributed by atoms with E-state index in [4.69, 9.17) is 14.2 Å². The molecular weight excluding hydrogens is 394 g/mol. The molecule has 0 bridgehead atoms. The first-order valence-electron chi connectivity index (χ1n) is 9.30. The zero-order valence-electron chi connectivity index (χ0n) is 16.3. The summed E-state index contributed by atoms with van der Waals surface area (Å²) >= 11 is 1.18. The number of carbonyl (C=O) groups excluding carboxylic acids is 1. The molecule has 1 aliphatic rings. The van der Waals surface area contributed by atoms with Crippen molar-refractivity contribution in [1.82, 2.24) is 15.3 Å². The molecular formula is C20H21N3O5S. The lowest BCUT2D eigenvalue weighted by Crippen LogP contribution is -2.23. The van der Waals surface area contributed by atoms with Gasteiger partial charge in [0.05, 0.1) is 18.0 Å². The molecule has 8 nitrogen and oxygen atoms in total. The number of aromatic nitrogens is 2. The van der Waals surface area contributed by atoms with E-state index >= 15 is 0 Å². The third-order valence-electron chi connectivity index (χ3n) is 4.74. The summed E-state index contributed by atoms with van der Waals surface area (Å²) in [6.07, 6.45) is 0. The van der Waals surface area contributed by atoms with Crippen molar-refractivity contribution in [3.63, 3.8) is 0 Å². The van der Waals surface area contributed by atoms with E-state index in [9.17, 15) is 9.59 Å². The van der Waals surface area contributed by atoms with E-state index in [1.54, 1.807) is 13.8 Å². The fourth-order valence-corrected chi connectivity index (χ4v) is 4.26. The van der Waals surface area contributed by atoms with Gasteiger partial charge in [0, 0.05) is 6.54 Å². The quantitative estimate of drug-likeness (QED) is 0.597. The number of hydrogen-bond donors (Lipinski definition) is 2. The van der Waals surface area contributed by atoms with Crippen molar-refractivity contribution in [2.24, 2.45) is 0 Å². The van der Waals surface area contributed by atoms with Crippen LogP contribution in [0.1, 0.15) is 46.5 Å². The van der Waals surface area contributed by atoms with Crippen molar-refractivity contribution >= 4 is 27.5 Å². The Morgan fingerprint density at radius 1 is 1.38 bits per heavy atom. The highest BCUT2D eigenvalue weighted by atomic mass is 32.1. The van der Waals surface area contributed by atoms with Crippen molar-refractivity contribution in [2.75, 3.05) is 13.4 Å². The van der Waals surface area contributed by atoms with Gasteiger partial charge in [-0.2, -0.15) is 0 Å². The van der Waals surface area contributed by atoms with Crippen LogP contribution in [0, 0.1) is 6.92 Å². The Labute approximate surface area is 170 Å². The number of nitrogens with zero attached hydrogens (tertiary/aromatic N) is 1. The van der Waals surface area contributed by atoms with Crippen molar-refractivity contribution in [1.29, 1.82) is 0 Å². The molecule has 3 aromatic rings. The van der Waals surface area contributed by atoms with Gasteiger partial charge in [0.25, 0.3) is 5.56 Å². The third-order valence-corrected chi connectivity index (χ3v) is 5.90. The molecule has 1 aromatic carbocycles. The highest BCUT2D eigenvalue weighted by molar-refractivity contribution is 7.20. The number of thiophene rings is 1. The van der Waals surface area contributed by atoms with Crippen LogP contribution in [-0.4, -0.2) is 29.3 Å².